The van der Waals surface area contributed by atoms with Gasteiger partial charge in [0, 0.05) is 5.56 Å². The maximum Gasteiger partial charge on any atom is 0.419 e. The molecule has 3 N–H and O–H groups in total. The van der Waals surface area contributed by atoms with E-state index >= 15 is 0 Å². The molecule has 0 aliphatic rings. The van der Waals surface area contributed by atoms with Crippen LogP contribution in [0.2, 0.25) is 0 Å². The molecule has 2 aromatic rings. The zero-order valence-corrected chi connectivity index (χ0v) is 8.95. The van der Waals surface area contributed by atoms with Gasteiger partial charge in [-0.15, -0.1) is 0 Å². The summed E-state index contributed by atoms with van der Waals surface area (Å²) in [6, 6.07) is 5.74. The summed E-state index contributed by atoms with van der Waals surface area (Å²) in [4.78, 5) is 24.8. The standard InChI is InChI=1S/C11H8N2O5/c12-4-7(14)9(15)5-2-1-3-6-8(5)10(16)18-11(17)13-6/h1-3,7,9,14-15H,(H,13,17). The van der Waals surface area contributed by atoms with E-state index in [0.717, 1.165) is 0 Å². The number of aromatic nitrogens is 1. The summed E-state index contributed by atoms with van der Waals surface area (Å²) < 4.78 is 4.35. The van der Waals surface area contributed by atoms with Crippen molar-refractivity contribution in [2.75, 3.05) is 0 Å². The van der Waals surface area contributed by atoms with E-state index in [2.05, 4.69) is 9.40 Å². The van der Waals surface area contributed by atoms with Crippen LogP contribution in [0.15, 0.2) is 32.2 Å². The van der Waals surface area contributed by atoms with Crippen molar-refractivity contribution in [1.82, 2.24) is 4.98 Å². The second-order valence-corrected chi connectivity index (χ2v) is 3.59. The predicted molar refractivity (Wildman–Crippen MR) is 59.7 cm³/mol. The Labute approximate surface area is 99.5 Å². The third kappa shape index (κ3) is 1.90. The number of aromatic amines is 1. The predicted octanol–water partition coefficient (Wildman–Crippen LogP) is -0.601. The summed E-state index contributed by atoms with van der Waals surface area (Å²) >= 11 is 0. The third-order valence-corrected chi connectivity index (χ3v) is 2.47. The number of nitrogens with one attached hydrogen (secondary N) is 1. The van der Waals surface area contributed by atoms with Crippen molar-refractivity contribution >= 4 is 10.9 Å². The number of rotatable bonds is 2. The Bertz CT molecular complexity index is 739. The highest BCUT2D eigenvalue weighted by molar-refractivity contribution is 5.81. The molecule has 0 bridgehead atoms. The van der Waals surface area contributed by atoms with Crippen LogP contribution in [0.25, 0.3) is 10.9 Å². The number of aliphatic hydroxyl groups excluding tert-OH is 2. The van der Waals surface area contributed by atoms with Crippen molar-refractivity contribution < 1.29 is 14.6 Å². The molecule has 7 heteroatoms. The maximum atomic E-state index is 11.6. The van der Waals surface area contributed by atoms with Crippen LogP contribution in [-0.4, -0.2) is 21.3 Å². The van der Waals surface area contributed by atoms with Crippen LogP contribution >= 0.6 is 0 Å². The molecule has 0 radical (unpaired) electrons. The van der Waals surface area contributed by atoms with Crippen LogP contribution in [0.3, 0.4) is 0 Å². The highest BCUT2D eigenvalue weighted by Gasteiger charge is 2.22. The minimum Gasteiger partial charge on any atom is -0.385 e. The van der Waals surface area contributed by atoms with Gasteiger partial charge in [0.15, 0.2) is 6.10 Å². The van der Waals surface area contributed by atoms with Crippen LogP contribution < -0.4 is 11.4 Å². The van der Waals surface area contributed by atoms with Gasteiger partial charge in [-0.2, -0.15) is 5.26 Å². The molecule has 0 spiro atoms. The Balaban J connectivity index is 2.78. The van der Waals surface area contributed by atoms with Gasteiger partial charge in [-0.25, -0.2) is 9.59 Å². The van der Waals surface area contributed by atoms with Gasteiger partial charge in [-0.1, -0.05) is 12.1 Å². The Morgan fingerprint density at radius 1 is 1.33 bits per heavy atom. The van der Waals surface area contributed by atoms with E-state index in [-0.39, 0.29) is 16.5 Å². The lowest BCUT2D eigenvalue weighted by molar-refractivity contribution is 0.0536. The molecule has 0 fully saturated rings. The van der Waals surface area contributed by atoms with Gasteiger partial charge in [-0.3, -0.25) is 4.98 Å². The van der Waals surface area contributed by atoms with Crippen molar-refractivity contribution in [3.05, 3.63) is 44.7 Å². The summed E-state index contributed by atoms with van der Waals surface area (Å²) in [5, 5.41) is 27.5. The molecule has 2 atom stereocenters. The molecular formula is C11H8N2O5. The second kappa shape index (κ2) is 4.44. The SMILES string of the molecule is N#CC(O)C(O)c1cccc2[nH]c(=O)oc(=O)c12. The number of H-pyrrole nitrogens is 1. The van der Waals surface area contributed by atoms with E-state index in [1.54, 1.807) is 0 Å². The lowest BCUT2D eigenvalue weighted by atomic mass is 10.0. The molecule has 2 rings (SSSR count). The first-order chi connectivity index (χ1) is 8.54. The summed E-state index contributed by atoms with van der Waals surface area (Å²) in [5.41, 5.74) is -0.752. The summed E-state index contributed by atoms with van der Waals surface area (Å²) in [7, 11) is 0. The summed E-state index contributed by atoms with van der Waals surface area (Å²) in [6.45, 7) is 0. The van der Waals surface area contributed by atoms with E-state index in [0.29, 0.717) is 0 Å². The first kappa shape index (κ1) is 12.0. The molecule has 0 aliphatic carbocycles. The lowest BCUT2D eigenvalue weighted by Gasteiger charge is -2.13. The van der Waals surface area contributed by atoms with Gasteiger partial charge in [0.1, 0.15) is 6.10 Å². The molecule has 2 unspecified atom stereocenters. The molecule has 7 nitrogen and oxygen atoms in total. The fourth-order valence-electron chi connectivity index (χ4n) is 1.66. The van der Waals surface area contributed by atoms with Gasteiger partial charge in [-0.05, 0) is 6.07 Å². The van der Waals surface area contributed by atoms with E-state index in [9.17, 15) is 19.8 Å². The zero-order valence-electron chi connectivity index (χ0n) is 8.95. The molecule has 1 heterocycles. The van der Waals surface area contributed by atoms with Crippen molar-refractivity contribution in [2.45, 2.75) is 12.2 Å². The van der Waals surface area contributed by atoms with Gasteiger partial charge in [0.25, 0.3) is 0 Å². The van der Waals surface area contributed by atoms with Gasteiger partial charge in [0.05, 0.1) is 17.0 Å². The number of benzene rings is 1. The molecule has 0 saturated carbocycles. The molecule has 18 heavy (non-hydrogen) atoms. The smallest absolute Gasteiger partial charge is 0.385 e. The largest absolute Gasteiger partial charge is 0.419 e. The van der Waals surface area contributed by atoms with E-state index < -0.39 is 23.6 Å². The Kier molecular flexibility index (Phi) is 2.97. The van der Waals surface area contributed by atoms with Crippen LogP contribution in [0.4, 0.5) is 0 Å². The van der Waals surface area contributed by atoms with Crippen molar-refractivity contribution in [3.63, 3.8) is 0 Å². The van der Waals surface area contributed by atoms with E-state index in [1.165, 1.54) is 24.3 Å². The number of nitriles is 1. The van der Waals surface area contributed by atoms with Gasteiger partial charge >= 0.3 is 11.4 Å². The van der Waals surface area contributed by atoms with Crippen LogP contribution in [-0.2, 0) is 0 Å². The quantitative estimate of drug-likeness (QED) is 0.609. The van der Waals surface area contributed by atoms with Crippen LogP contribution in [0, 0.1) is 11.3 Å². The first-order valence-electron chi connectivity index (χ1n) is 4.96. The van der Waals surface area contributed by atoms with Gasteiger partial charge < -0.3 is 14.6 Å². The molecule has 1 aromatic carbocycles. The van der Waals surface area contributed by atoms with Crippen LogP contribution in [0.1, 0.15) is 11.7 Å². The number of aliphatic hydroxyl groups is 2. The van der Waals surface area contributed by atoms with Crippen molar-refractivity contribution in [2.24, 2.45) is 0 Å². The zero-order chi connectivity index (χ0) is 13.3. The topological polar surface area (TPSA) is 127 Å². The Hall–Kier alpha value is -2.43. The molecule has 0 saturated heterocycles. The second-order valence-electron chi connectivity index (χ2n) is 3.59. The Morgan fingerprint density at radius 2 is 2.06 bits per heavy atom. The molecular weight excluding hydrogens is 240 g/mol. The minimum absolute atomic E-state index is 0.0200. The van der Waals surface area contributed by atoms with Crippen molar-refractivity contribution in [3.8, 4) is 6.07 Å². The normalized spacial score (nSPS) is 14.1. The van der Waals surface area contributed by atoms with Gasteiger partial charge in [0.2, 0.25) is 0 Å². The highest BCUT2D eigenvalue weighted by Crippen LogP contribution is 2.22. The third-order valence-electron chi connectivity index (χ3n) is 2.47. The summed E-state index contributed by atoms with van der Waals surface area (Å²) in [5.74, 6) is -0.917. The average molecular weight is 248 g/mol. The average Bonchev–Trinajstić information content (AvgIpc) is 2.35. The molecule has 0 aliphatic heterocycles. The maximum absolute atomic E-state index is 11.6. The number of nitrogens with zero attached hydrogens (tertiary/aromatic N) is 1. The van der Waals surface area contributed by atoms with E-state index in [4.69, 9.17) is 5.26 Å². The lowest BCUT2D eigenvalue weighted by Crippen LogP contribution is -2.20. The minimum atomic E-state index is -1.68. The van der Waals surface area contributed by atoms with E-state index in [1.807, 2.05) is 0 Å². The number of hydrogen-bond acceptors (Lipinski definition) is 6. The Morgan fingerprint density at radius 3 is 2.72 bits per heavy atom. The first-order valence-corrected chi connectivity index (χ1v) is 4.96. The molecule has 0 amide bonds. The number of fused-ring (bicyclic) bond motifs is 1. The summed E-state index contributed by atoms with van der Waals surface area (Å²) in [6.07, 6.45) is -3.24. The molecule has 92 valence electrons. The highest BCUT2D eigenvalue weighted by atomic mass is 16.4. The fraction of sp³-hybridized carbons (Fsp3) is 0.182. The van der Waals surface area contributed by atoms with Crippen molar-refractivity contribution in [1.29, 1.82) is 5.26 Å². The fourth-order valence-corrected chi connectivity index (χ4v) is 1.66. The molecule has 1 aromatic heterocycles. The number of hydrogen-bond donors (Lipinski definition) is 3. The van der Waals surface area contributed by atoms with Crippen LogP contribution in [0.5, 0.6) is 0 Å². The monoisotopic (exact) mass is 248 g/mol.